The topological polar surface area (TPSA) is 35.0 Å². The van der Waals surface area contributed by atoms with Gasteiger partial charge in [0.2, 0.25) is 0 Å². The molecule has 0 aliphatic heterocycles. The zero-order chi connectivity index (χ0) is 17.5. The van der Waals surface area contributed by atoms with E-state index in [1.165, 1.54) is 5.38 Å². The molecule has 0 N–H and O–H groups in total. The summed E-state index contributed by atoms with van der Waals surface area (Å²) in [5.41, 5.74) is 3.30. The molecule has 0 radical (unpaired) electrons. The van der Waals surface area contributed by atoms with Crippen LogP contribution in [0.3, 0.4) is 0 Å². The first kappa shape index (κ1) is 16.7. The molecule has 2 aromatic heterocycles. The fourth-order valence-corrected chi connectivity index (χ4v) is 3.37. The molecule has 0 saturated carbocycles. The van der Waals surface area contributed by atoms with Crippen LogP contribution in [0.1, 0.15) is 23.1 Å². The minimum Gasteiger partial charge on any atom is -0.496 e. The van der Waals surface area contributed by atoms with Gasteiger partial charge in [0.15, 0.2) is 5.01 Å². The van der Waals surface area contributed by atoms with E-state index in [0.29, 0.717) is 23.5 Å². The van der Waals surface area contributed by atoms with Gasteiger partial charge in [0.1, 0.15) is 11.4 Å². The van der Waals surface area contributed by atoms with Gasteiger partial charge in [0.25, 0.3) is 0 Å². The van der Waals surface area contributed by atoms with E-state index in [-0.39, 0.29) is 5.69 Å². The molecular formula is C17H15F3N2OS. The fraction of sp³-hybridized carbons (Fsp3) is 0.294. The predicted octanol–water partition coefficient (Wildman–Crippen LogP) is 5.26. The Kier molecular flexibility index (Phi) is 4.21. The number of aromatic nitrogens is 2. The number of hydrogen-bond acceptors (Lipinski definition) is 4. The molecule has 3 nitrogen and oxygen atoms in total. The SMILES string of the molecule is CCc1c(OC)ccc2c(C)cc(-c3csc(C(F)(F)F)n3)nc12. The van der Waals surface area contributed by atoms with Gasteiger partial charge in [-0.3, -0.25) is 0 Å². The lowest BCUT2D eigenvalue weighted by molar-refractivity contribution is -0.137. The number of hydrogen-bond donors (Lipinski definition) is 0. The molecule has 3 rings (SSSR count). The third-order valence-corrected chi connectivity index (χ3v) is 4.72. The summed E-state index contributed by atoms with van der Waals surface area (Å²) in [5, 5.41) is 1.49. The number of aryl methyl sites for hydroxylation is 2. The smallest absolute Gasteiger partial charge is 0.443 e. The number of alkyl halides is 3. The molecule has 0 aliphatic carbocycles. The lowest BCUT2D eigenvalue weighted by Gasteiger charge is -2.12. The van der Waals surface area contributed by atoms with Crippen molar-refractivity contribution in [3.8, 4) is 17.1 Å². The number of fused-ring (bicyclic) bond motifs is 1. The van der Waals surface area contributed by atoms with Crippen molar-refractivity contribution >= 4 is 22.2 Å². The molecule has 0 unspecified atom stereocenters. The van der Waals surface area contributed by atoms with E-state index in [1.54, 1.807) is 13.2 Å². The van der Waals surface area contributed by atoms with Crippen LogP contribution in [0, 0.1) is 6.92 Å². The predicted molar refractivity (Wildman–Crippen MR) is 88.5 cm³/mol. The monoisotopic (exact) mass is 352 g/mol. The lowest BCUT2D eigenvalue weighted by Crippen LogP contribution is -2.04. The lowest BCUT2D eigenvalue weighted by atomic mass is 10.0. The average Bonchev–Trinajstić information content (AvgIpc) is 3.03. The van der Waals surface area contributed by atoms with E-state index in [9.17, 15) is 13.2 Å². The molecule has 2 heterocycles. The summed E-state index contributed by atoms with van der Waals surface area (Å²) in [4.78, 5) is 8.28. The largest absolute Gasteiger partial charge is 0.496 e. The summed E-state index contributed by atoms with van der Waals surface area (Å²) < 4.78 is 43.7. The van der Waals surface area contributed by atoms with E-state index in [1.807, 2.05) is 26.0 Å². The van der Waals surface area contributed by atoms with Gasteiger partial charge in [-0.05, 0) is 37.1 Å². The van der Waals surface area contributed by atoms with Gasteiger partial charge in [0.05, 0.1) is 18.3 Å². The molecule has 24 heavy (non-hydrogen) atoms. The minimum absolute atomic E-state index is 0.238. The highest BCUT2D eigenvalue weighted by atomic mass is 32.1. The number of ether oxygens (including phenoxy) is 1. The maximum absolute atomic E-state index is 12.8. The number of nitrogens with zero attached hydrogens (tertiary/aromatic N) is 2. The van der Waals surface area contributed by atoms with Crippen LogP contribution in [0.4, 0.5) is 13.2 Å². The van der Waals surface area contributed by atoms with Gasteiger partial charge in [-0.2, -0.15) is 13.2 Å². The van der Waals surface area contributed by atoms with Crippen LogP contribution in [0.15, 0.2) is 23.6 Å². The highest BCUT2D eigenvalue weighted by molar-refractivity contribution is 7.10. The first-order valence-corrected chi connectivity index (χ1v) is 8.23. The second kappa shape index (κ2) is 6.05. The molecule has 0 atom stereocenters. The van der Waals surface area contributed by atoms with E-state index in [4.69, 9.17) is 4.74 Å². The first-order chi connectivity index (χ1) is 11.3. The third-order valence-electron chi connectivity index (χ3n) is 3.83. The van der Waals surface area contributed by atoms with Crippen LogP contribution in [0.2, 0.25) is 0 Å². The third kappa shape index (κ3) is 2.84. The number of benzene rings is 1. The van der Waals surface area contributed by atoms with Crippen LogP contribution >= 0.6 is 11.3 Å². The second-order valence-electron chi connectivity index (χ2n) is 5.36. The molecular weight excluding hydrogens is 337 g/mol. The standard InChI is InChI=1S/C17H15F3N2OS/c1-4-10-14(23-3)6-5-11-9(2)7-12(21-15(10)11)13-8-24-16(22-13)17(18,19)20/h5-8H,4H2,1-3H3. The summed E-state index contributed by atoms with van der Waals surface area (Å²) in [6.07, 6.45) is -3.73. The Labute approximate surface area is 141 Å². The zero-order valence-corrected chi connectivity index (χ0v) is 14.2. The van der Waals surface area contributed by atoms with Crippen molar-refractivity contribution in [1.29, 1.82) is 0 Å². The number of pyridine rings is 1. The molecule has 0 fully saturated rings. The normalized spacial score (nSPS) is 11.9. The van der Waals surface area contributed by atoms with Crippen molar-refractivity contribution in [2.24, 2.45) is 0 Å². The second-order valence-corrected chi connectivity index (χ2v) is 6.21. The highest BCUT2D eigenvalue weighted by Gasteiger charge is 2.34. The zero-order valence-electron chi connectivity index (χ0n) is 13.4. The summed E-state index contributed by atoms with van der Waals surface area (Å²) >= 11 is 0.579. The maximum atomic E-state index is 12.8. The van der Waals surface area contributed by atoms with Crippen molar-refractivity contribution in [3.63, 3.8) is 0 Å². The van der Waals surface area contributed by atoms with E-state index < -0.39 is 11.2 Å². The minimum atomic E-state index is -4.44. The van der Waals surface area contributed by atoms with Crippen LogP contribution in [0.25, 0.3) is 22.3 Å². The molecule has 7 heteroatoms. The Morgan fingerprint density at radius 2 is 1.92 bits per heavy atom. The van der Waals surface area contributed by atoms with Gasteiger partial charge >= 0.3 is 6.18 Å². The number of methoxy groups -OCH3 is 1. The molecule has 0 aliphatic rings. The average molecular weight is 352 g/mol. The van der Waals surface area contributed by atoms with Crippen molar-refractivity contribution in [3.05, 3.63) is 39.7 Å². The molecule has 3 aromatic rings. The van der Waals surface area contributed by atoms with Gasteiger partial charge < -0.3 is 4.74 Å². The summed E-state index contributed by atoms with van der Waals surface area (Å²) in [6.45, 7) is 3.90. The Bertz CT molecular complexity index is 903. The summed E-state index contributed by atoms with van der Waals surface area (Å²) in [5.74, 6) is 0.725. The number of rotatable bonds is 3. The van der Waals surface area contributed by atoms with E-state index >= 15 is 0 Å². The Morgan fingerprint density at radius 3 is 2.50 bits per heavy atom. The van der Waals surface area contributed by atoms with Crippen molar-refractivity contribution in [2.75, 3.05) is 7.11 Å². The molecule has 0 amide bonds. The molecule has 0 saturated heterocycles. The Balaban J connectivity index is 2.21. The molecule has 1 aromatic carbocycles. The Hall–Kier alpha value is -2.15. The fourth-order valence-electron chi connectivity index (χ4n) is 2.68. The van der Waals surface area contributed by atoms with Gasteiger partial charge in [-0.1, -0.05) is 6.92 Å². The first-order valence-electron chi connectivity index (χ1n) is 7.35. The number of halogens is 3. The maximum Gasteiger partial charge on any atom is 0.443 e. The quantitative estimate of drug-likeness (QED) is 0.645. The van der Waals surface area contributed by atoms with Crippen LogP contribution in [0.5, 0.6) is 5.75 Å². The van der Waals surface area contributed by atoms with Crippen molar-refractivity contribution < 1.29 is 17.9 Å². The van der Waals surface area contributed by atoms with Gasteiger partial charge in [0, 0.05) is 16.3 Å². The van der Waals surface area contributed by atoms with Gasteiger partial charge in [-0.25, -0.2) is 9.97 Å². The van der Waals surface area contributed by atoms with E-state index in [2.05, 4.69) is 9.97 Å². The highest BCUT2D eigenvalue weighted by Crippen LogP contribution is 2.35. The molecule has 0 bridgehead atoms. The van der Waals surface area contributed by atoms with Crippen LogP contribution < -0.4 is 4.74 Å². The molecule has 126 valence electrons. The van der Waals surface area contributed by atoms with E-state index in [0.717, 1.165) is 27.8 Å². The summed E-state index contributed by atoms with van der Waals surface area (Å²) in [6, 6.07) is 5.57. The molecule has 0 spiro atoms. The van der Waals surface area contributed by atoms with Crippen LogP contribution in [-0.4, -0.2) is 17.1 Å². The van der Waals surface area contributed by atoms with Crippen molar-refractivity contribution in [1.82, 2.24) is 9.97 Å². The Morgan fingerprint density at radius 1 is 1.17 bits per heavy atom. The summed E-state index contributed by atoms with van der Waals surface area (Å²) in [7, 11) is 1.59. The van der Waals surface area contributed by atoms with Crippen molar-refractivity contribution in [2.45, 2.75) is 26.4 Å². The van der Waals surface area contributed by atoms with Gasteiger partial charge in [-0.15, -0.1) is 11.3 Å². The van der Waals surface area contributed by atoms with Crippen LogP contribution in [-0.2, 0) is 12.6 Å². The number of thiazole rings is 1.